The minimum Gasteiger partial charge on any atom is -0.197 e. The number of hydrogen-bond acceptors (Lipinski definition) is 2. The van der Waals surface area contributed by atoms with E-state index >= 15 is 0 Å². The average molecular weight is 294 g/mol. The van der Waals surface area contributed by atoms with Gasteiger partial charge in [-0.3, -0.25) is 0 Å². The van der Waals surface area contributed by atoms with E-state index in [1.54, 1.807) is 0 Å². The lowest BCUT2D eigenvalue weighted by Crippen LogP contribution is -2.21. The van der Waals surface area contributed by atoms with Gasteiger partial charge in [0.05, 0.1) is 17.7 Å². The van der Waals surface area contributed by atoms with Gasteiger partial charge in [-0.15, -0.1) is 0 Å². The fraction of sp³-hybridized carbons (Fsp3) is 0.143. The Morgan fingerprint density at radius 2 is 1.83 bits per heavy atom. The summed E-state index contributed by atoms with van der Waals surface area (Å²) in [6, 6.07) is 18.5. The van der Waals surface area contributed by atoms with Crippen LogP contribution < -0.4 is 0 Å². The summed E-state index contributed by atoms with van der Waals surface area (Å²) < 4.78 is 0. The summed E-state index contributed by atoms with van der Waals surface area (Å²) in [6.07, 6.45) is 6.22. The smallest absolute Gasteiger partial charge is 0.126 e. The molecule has 2 heteroatoms. The largest absolute Gasteiger partial charge is 0.197 e. The molecule has 0 radical (unpaired) electrons. The van der Waals surface area contributed by atoms with E-state index < -0.39 is 5.41 Å². The van der Waals surface area contributed by atoms with Crippen molar-refractivity contribution in [3.8, 4) is 12.1 Å². The summed E-state index contributed by atoms with van der Waals surface area (Å²) in [5, 5.41) is 19.5. The SMILES string of the molecule is C[C@@H]1C=Cc2c(C#N)ccc3c2C1=CC3(C#N)c1ccccc1. The van der Waals surface area contributed by atoms with E-state index in [1.807, 2.05) is 48.5 Å². The molecule has 108 valence electrons. The van der Waals surface area contributed by atoms with Gasteiger partial charge >= 0.3 is 0 Å². The van der Waals surface area contributed by atoms with E-state index in [-0.39, 0.29) is 5.92 Å². The van der Waals surface area contributed by atoms with Crippen molar-refractivity contribution in [3.63, 3.8) is 0 Å². The first kappa shape index (κ1) is 13.6. The second-order valence-corrected chi connectivity index (χ2v) is 6.09. The molecule has 2 atom stereocenters. The van der Waals surface area contributed by atoms with Crippen LogP contribution in [0.3, 0.4) is 0 Å². The average Bonchev–Trinajstić information content (AvgIpc) is 2.96. The topological polar surface area (TPSA) is 47.6 Å². The van der Waals surface area contributed by atoms with Gasteiger partial charge in [0, 0.05) is 0 Å². The minimum absolute atomic E-state index is 0.245. The Kier molecular flexibility index (Phi) is 2.77. The molecule has 2 aliphatic carbocycles. The molecule has 2 aliphatic rings. The van der Waals surface area contributed by atoms with Gasteiger partial charge in [0.1, 0.15) is 5.41 Å². The Hall–Kier alpha value is -3.10. The van der Waals surface area contributed by atoms with Gasteiger partial charge in [-0.25, -0.2) is 0 Å². The lowest BCUT2D eigenvalue weighted by Gasteiger charge is -2.23. The van der Waals surface area contributed by atoms with Gasteiger partial charge in [0.15, 0.2) is 0 Å². The van der Waals surface area contributed by atoms with E-state index in [1.165, 1.54) is 0 Å². The third-order valence-electron chi connectivity index (χ3n) is 4.90. The molecule has 4 rings (SSSR count). The molecule has 2 aromatic carbocycles. The molecule has 0 heterocycles. The van der Waals surface area contributed by atoms with E-state index in [0.717, 1.165) is 27.8 Å². The molecular weight excluding hydrogens is 280 g/mol. The second kappa shape index (κ2) is 4.70. The maximum Gasteiger partial charge on any atom is 0.126 e. The van der Waals surface area contributed by atoms with Crippen LogP contribution in [0.4, 0.5) is 0 Å². The molecule has 0 aliphatic heterocycles. The van der Waals surface area contributed by atoms with Gasteiger partial charge in [-0.2, -0.15) is 10.5 Å². The highest BCUT2D eigenvalue weighted by molar-refractivity contribution is 5.91. The molecule has 0 amide bonds. The molecule has 0 saturated carbocycles. The van der Waals surface area contributed by atoms with Crippen molar-refractivity contribution in [2.24, 2.45) is 5.92 Å². The number of rotatable bonds is 1. The third-order valence-corrected chi connectivity index (χ3v) is 4.90. The fourth-order valence-corrected chi connectivity index (χ4v) is 3.71. The predicted octanol–water partition coefficient (Wildman–Crippen LogP) is 4.43. The molecule has 0 saturated heterocycles. The zero-order valence-electron chi connectivity index (χ0n) is 12.7. The van der Waals surface area contributed by atoms with Crippen LogP contribution in [0.2, 0.25) is 0 Å². The molecule has 0 bridgehead atoms. The Balaban J connectivity index is 2.10. The Bertz CT molecular complexity index is 952. The van der Waals surface area contributed by atoms with E-state index in [9.17, 15) is 10.5 Å². The molecule has 23 heavy (non-hydrogen) atoms. The summed E-state index contributed by atoms with van der Waals surface area (Å²) in [5.74, 6) is 0.245. The zero-order chi connectivity index (χ0) is 16.0. The zero-order valence-corrected chi connectivity index (χ0v) is 12.7. The normalized spacial score (nSPS) is 23.6. The van der Waals surface area contributed by atoms with Crippen LogP contribution in [-0.2, 0) is 5.41 Å². The highest BCUT2D eigenvalue weighted by atomic mass is 14.5. The Morgan fingerprint density at radius 1 is 1.04 bits per heavy atom. The summed E-state index contributed by atoms with van der Waals surface area (Å²) >= 11 is 0. The van der Waals surface area contributed by atoms with Gasteiger partial charge in [-0.1, -0.05) is 61.5 Å². The molecule has 1 unspecified atom stereocenters. The fourth-order valence-electron chi connectivity index (χ4n) is 3.71. The lowest BCUT2D eigenvalue weighted by molar-refractivity contribution is 0.847. The molecule has 0 spiro atoms. The maximum absolute atomic E-state index is 10.1. The van der Waals surface area contributed by atoms with Crippen LogP contribution in [0, 0.1) is 28.6 Å². The van der Waals surface area contributed by atoms with Crippen LogP contribution in [0.15, 0.2) is 54.6 Å². The van der Waals surface area contributed by atoms with Gasteiger partial charge in [0.25, 0.3) is 0 Å². The second-order valence-electron chi connectivity index (χ2n) is 6.09. The first-order valence-electron chi connectivity index (χ1n) is 7.67. The van der Waals surface area contributed by atoms with Crippen LogP contribution in [0.25, 0.3) is 11.6 Å². The van der Waals surface area contributed by atoms with Crippen molar-refractivity contribution in [2.45, 2.75) is 12.3 Å². The van der Waals surface area contributed by atoms with Crippen molar-refractivity contribution >= 4 is 11.6 Å². The molecular formula is C21H14N2. The highest BCUT2D eigenvalue weighted by Crippen LogP contribution is 2.51. The maximum atomic E-state index is 10.1. The molecule has 0 fully saturated rings. The number of nitrogens with zero attached hydrogens (tertiary/aromatic N) is 2. The predicted molar refractivity (Wildman–Crippen MR) is 90.2 cm³/mol. The van der Waals surface area contributed by atoms with Crippen LogP contribution in [0.5, 0.6) is 0 Å². The first-order valence-corrected chi connectivity index (χ1v) is 7.67. The van der Waals surface area contributed by atoms with Gasteiger partial charge < -0.3 is 0 Å². The van der Waals surface area contributed by atoms with Crippen LogP contribution in [-0.4, -0.2) is 0 Å². The molecule has 2 aromatic rings. The van der Waals surface area contributed by atoms with Crippen LogP contribution >= 0.6 is 0 Å². The minimum atomic E-state index is -0.769. The van der Waals surface area contributed by atoms with Crippen molar-refractivity contribution < 1.29 is 0 Å². The Labute approximate surface area is 135 Å². The number of allylic oxidation sites excluding steroid dienone is 3. The third kappa shape index (κ3) is 1.67. The summed E-state index contributed by atoms with van der Waals surface area (Å²) in [6.45, 7) is 2.13. The van der Waals surface area contributed by atoms with E-state index in [0.29, 0.717) is 5.56 Å². The molecule has 0 aromatic heterocycles. The lowest BCUT2D eigenvalue weighted by atomic mass is 9.76. The summed E-state index contributed by atoms with van der Waals surface area (Å²) in [4.78, 5) is 0. The van der Waals surface area contributed by atoms with Crippen molar-refractivity contribution in [2.75, 3.05) is 0 Å². The monoisotopic (exact) mass is 294 g/mol. The quantitative estimate of drug-likeness (QED) is 0.781. The summed E-state index contributed by atoms with van der Waals surface area (Å²) in [5.41, 5.74) is 5.04. The van der Waals surface area contributed by atoms with Crippen molar-refractivity contribution in [3.05, 3.63) is 82.4 Å². The van der Waals surface area contributed by atoms with Crippen LogP contribution in [0.1, 0.15) is 34.7 Å². The molecule has 0 N–H and O–H groups in total. The number of nitriles is 2. The summed E-state index contributed by atoms with van der Waals surface area (Å²) in [7, 11) is 0. The Morgan fingerprint density at radius 3 is 2.52 bits per heavy atom. The first-order chi connectivity index (χ1) is 11.2. The van der Waals surface area contributed by atoms with Gasteiger partial charge in [0.2, 0.25) is 0 Å². The van der Waals surface area contributed by atoms with Crippen molar-refractivity contribution in [1.82, 2.24) is 0 Å². The van der Waals surface area contributed by atoms with Crippen molar-refractivity contribution in [1.29, 1.82) is 10.5 Å². The van der Waals surface area contributed by atoms with E-state index in [4.69, 9.17) is 0 Å². The number of benzene rings is 2. The highest BCUT2D eigenvalue weighted by Gasteiger charge is 2.43. The molecule has 2 nitrogen and oxygen atoms in total. The van der Waals surface area contributed by atoms with E-state index in [2.05, 4.69) is 31.2 Å². The number of hydrogen-bond donors (Lipinski definition) is 0. The standard InChI is InChI=1S/C21H14N2/c1-14-7-9-17-15(12-22)8-10-19-20(17)18(14)11-21(19,13-23)16-5-3-2-4-6-16/h2-11,14H,1H3/t14-,21?/m1/s1. The van der Waals surface area contributed by atoms with Gasteiger partial charge in [-0.05, 0) is 39.8 Å².